The third-order valence-corrected chi connectivity index (χ3v) is 5.05. The van der Waals surface area contributed by atoms with Crippen LogP contribution >= 0.6 is 23.1 Å². The van der Waals surface area contributed by atoms with Gasteiger partial charge in [-0.15, -0.1) is 23.1 Å². The average Bonchev–Trinajstić information content (AvgIpc) is 3.15. The summed E-state index contributed by atoms with van der Waals surface area (Å²) >= 11 is 3.67. The molecule has 3 rings (SSSR count). The van der Waals surface area contributed by atoms with Gasteiger partial charge in [0.15, 0.2) is 0 Å². The first-order valence-corrected chi connectivity index (χ1v) is 8.56. The highest BCUT2D eigenvalue weighted by Gasteiger charge is 2.20. The molecule has 2 aromatic rings. The van der Waals surface area contributed by atoms with E-state index >= 15 is 0 Å². The molecular formula is C15H18N2S2. The van der Waals surface area contributed by atoms with Crippen LogP contribution in [0.5, 0.6) is 0 Å². The highest BCUT2D eigenvalue weighted by Crippen LogP contribution is 2.28. The van der Waals surface area contributed by atoms with Crippen molar-refractivity contribution in [2.75, 3.05) is 5.75 Å². The lowest BCUT2D eigenvalue weighted by Crippen LogP contribution is -2.14. The van der Waals surface area contributed by atoms with Crippen LogP contribution < -0.4 is 5.32 Å². The molecule has 1 aliphatic carbocycles. The maximum atomic E-state index is 4.53. The second kappa shape index (κ2) is 6.07. The topological polar surface area (TPSA) is 24.9 Å². The first-order chi connectivity index (χ1) is 9.35. The summed E-state index contributed by atoms with van der Waals surface area (Å²) in [6.07, 6.45) is 4.68. The molecule has 100 valence electrons. The van der Waals surface area contributed by atoms with Crippen LogP contribution in [-0.2, 0) is 6.54 Å². The van der Waals surface area contributed by atoms with E-state index in [4.69, 9.17) is 0 Å². The van der Waals surface area contributed by atoms with E-state index in [-0.39, 0.29) is 0 Å². The summed E-state index contributed by atoms with van der Waals surface area (Å²) in [5.74, 6) is 1.12. The van der Waals surface area contributed by atoms with Gasteiger partial charge in [0.05, 0.1) is 0 Å². The van der Waals surface area contributed by atoms with Crippen LogP contribution in [0.2, 0.25) is 0 Å². The summed E-state index contributed by atoms with van der Waals surface area (Å²) in [4.78, 5) is 7.19. The van der Waals surface area contributed by atoms with Gasteiger partial charge in [-0.05, 0) is 30.7 Å². The Labute approximate surface area is 122 Å². The molecule has 1 aromatic carbocycles. The number of thiazole rings is 1. The van der Waals surface area contributed by atoms with E-state index < -0.39 is 0 Å². The molecule has 4 heteroatoms. The molecule has 19 heavy (non-hydrogen) atoms. The SMILES string of the molecule is CCSc1ccc(-c2ncc(CNC3CC3)s2)cc1. The van der Waals surface area contributed by atoms with Crippen LogP contribution in [0.3, 0.4) is 0 Å². The normalized spacial score (nSPS) is 14.8. The van der Waals surface area contributed by atoms with Gasteiger partial charge in [0, 0.05) is 34.1 Å². The molecule has 0 unspecified atom stereocenters. The maximum Gasteiger partial charge on any atom is 0.123 e. The molecule has 0 saturated heterocycles. The van der Waals surface area contributed by atoms with Crippen LogP contribution in [0.4, 0.5) is 0 Å². The molecule has 1 aromatic heterocycles. The summed E-state index contributed by atoms with van der Waals surface area (Å²) in [7, 11) is 0. The van der Waals surface area contributed by atoms with Crippen molar-refractivity contribution >= 4 is 23.1 Å². The largest absolute Gasteiger partial charge is 0.309 e. The smallest absolute Gasteiger partial charge is 0.123 e. The van der Waals surface area contributed by atoms with Gasteiger partial charge >= 0.3 is 0 Å². The Morgan fingerprint density at radius 1 is 1.32 bits per heavy atom. The zero-order chi connectivity index (χ0) is 13.1. The van der Waals surface area contributed by atoms with Gasteiger partial charge in [-0.3, -0.25) is 0 Å². The number of nitrogens with one attached hydrogen (secondary N) is 1. The van der Waals surface area contributed by atoms with E-state index in [2.05, 4.69) is 41.5 Å². The minimum atomic E-state index is 0.760. The molecule has 0 spiro atoms. The number of nitrogens with zero attached hydrogens (tertiary/aromatic N) is 1. The molecule has 1 aliphatic rings. The van der Waals surface area contributed by atoms with Crippen LogP contribution in [0, 0.1) is 0 Å². The minimum absolute atomic E-state index is 0.760. The molecule has 1 saturated carbocycles. The predicted octanol–water partition coefficient (Wildman–Crippen LogP) is 4.17. The number of hydrogen-bond acceptors (Lipinski definition) is 4. The first-order valence-electron chi connectivity index (χ1n) is 6.76. The molecule has 0 amide bonds. The second-order valence-corrected chi connectivity index (χ2v) is 7.20. The Morgan fingerprint density at radius 3 is 2.79 bits per heavy atom. The molecule has 1 N–H and O–H groups in total. The average molecular weight is 290 g/mol. The second-order valence-electron chi connectivity index (χ2n) is 4.74. The fraction of sp³-hybridized carbons (Fsp3) is 0.400. The summed E-state index contributed by atoms with van der Waals surface area (Å²) < 4.78 is 0. The van der Waals surface area contributed by atoms with Crippen LogP contribution in [0.25, 0.3) is 10.6 Å². The quantitative estimate of drug-likeness (QED) is 0.808. The summed E-state index contributed by atoms with van der Waals surface area (Å²) in [5.41, 5.74) is 1.23. The van der Waals surface area contributed by atoms with E-state index in [1.54, 1.807) is 11.3 Å². The molecule has 1 heterocycles. The Bertz CT molecular complexity index is 529. The molecular weight excluding hydrogens is 272 g/mol. The van der Waals surface area contributed by atoms with Crippen molar-refractivity contribution in [2.24, 2.45) is 0 Å². The lowest BCUT2D eigenvalue weighted by atomic mass is 10.2. The maximum absolute atomic E-state index is 4.53. The zero-order valence-electron chi connectivity index (χ0n) is 11.1. The monoisotopic (exact) mass is 290 g/mol. The van der Waals surface area contributed by atoms with Crippen molar-refractivity contribution < 1.29 is 0 Å². The van der Waals surface area contributed by atoms with E-state index in [0.29, 0.717) is 0 Å². The lowest BCUT2D eigenvalue weighted by Gasteiger charge is -2.00. The molecule has 0 radical (unpaired) electrons. The number of hydrogen-bond donors (Lipinski definition) is 1. The fourth-order valence-electron chi connectivity index (χ4n) is 1.92. The van der Waals surface area contributed by atoms with Crippen molar-refractivity contribution in [3.63, 3.8) is 0 Å². The van der Waals surface area contributed by atoms with Crippen molar-refractivity contribution in [1.82, 2.24) is 10.3 Å². The molecule has 0 bridgehead atoms. The molecule has 1 fully saturated rings. The van der Waals surface area contributed by atoms with E-state index in [0.717, 1.165) is 23.3 Å². The highest BCUT2D eigenvalue weighted by atomic mass is 32.2. The fourth-order valence-corrected chi connectivity index (χ4v) is 3.45. The van der Waals surface area contributed by atoms with Crippen molar-refractivity contribution in [2.45, 2.75) is 37.2 Å². The number of benzene rings is 1. The molecule has 2 nitrogen and oxygen atoms in total. The van der Waals surface area contributed by atoms with E-state index in [1.165, 1.54) is 28.2 Å². The van der Waals surface area contributed by atoms with Crippen LogP contribution in [0.15, 0.2) is 35.4 Å². The molecule has 0 atom stereocenters. The third kappa shape index (κ3) is 3.59. The van der Waals surface area contributed by atoms with Crippen molar-refractivity contribution in [1.29, 1.82) is 0 Å². The minimum Gasteiger partial charge on any atom is -0.309 e. The number of thioether (sulfide) groups is 1. The van der Waals surface area contributed by atoms with Crippen molar-refractivity contribution in [3.05, 3.63) is 35.3 Å². The zero-order valence-corrected chi connectivity index (χ0v) is 12.7. The Balaban J connectivity index is 1.66. The van der Waals surface area contributed by atoms with Gasteiger partial charge in [0.25, 0.3) is 0 Å². The van der Waals surface area contributed by atoms with Crippen LogP contribution in [0.1, 0.15) is 24.6 Å². The standard InChI is InChI=1S/C15H18N2S2/c1-2-18-13-7-3-11(4-8-13)15-17-10-14(19-15)9-16-12-5-6-12/h3-4,7-8,10,12,16H,2,5-6,9H2,1H3. The lowest BCUT2D eigenvalue weighted by molar-refractivity contribution is 0.694. The Hall–Kier alpha value is -0.840. The summed E-state index contributed by atoms with van der Waals surface area (Å²) in [6.45, 7) is 3.14. The number of rotatable bonds is 6. The van der Waals surface area contributed by atoms with Gasteiger partial charge in [0.2, 0.25) is 0 Å². The third-order valence-electron chi connectivity index (χ3n) is 3.11. The van der Waals surface area contributed by atoms with Gasteiger partial charge in [-0.1, -0.05) is 19.1 Å². The highest BCUT2D eigenvalue weighted by molar-refractivity contribution is 7.99. The van der Waals surface area contributed by atoms with E-state index in [9.17, 15) is 0 Å². The molecule has 0 aliphatic heterocycles. The van der Waals surface area contributed by atoms with Crippen LogP contribution in [-0.4, -0.2) is 16.8 Å². The Kier molecular flexibility index (Phi) is 4.21. The Morgan fingerprint density at radius 2 is 2.11 bits per heavy atom. The van der Waals surface area contributed by atoms with Gasteiger partial charge in [0.1, 0.15) is 5.01 Å². The van der Waals surface area contributed by atoms with Gasteiger partial charge < -0.3 is 5.32 Å². The number of aromatic nitrogens is 1. The summed E-state index contributed by atoms with van der Waals surface area (Å²) in [5, 5.41) is 4.66. The van der Waals surface area contributed by atoms with Crippen molar-refractivity contribution in [3.8, 4) is 10.6 Å². The summed E-state index contributed by atoms with van der Waals surface area (Å²) in [6, 6.07) is 9.49. The van der Waals surface area contributed by atoms with Gasteiger partial charge in [-0.2, -0.15) is 0 Å². The van der Waals surface area contributed by atoms with E-state index in [1.807, 2.05) is 18.0 Å². The predicted molar refractivity (Wildman–Crippen MR) is 83.8 cm³/mol. The first kappa shape index (κ1) is 13.2. The van der Waals surface area contributed by atoms with Gasteiger partial charge in [-0.25, -0.2) is 4.98 Å².